The number of carbonyl (C=O) groups excluding carboxylic acids is 3. The van der Waals surface area contributed by atoms with E-state index in [1.807, 2.05) is 16.9 Å². The second-order valence-electron chi connectivity index (χ2n) is 9.97. The maximum absolute atomic E-state index is 12.9. The Labute approximate surface area is 219 Å². The van der Waals surface area contributed by atoms with Gasteiger partial charge >= 0.3 is 5.76 Å². The summed E-state index contributed by atoms with van der Waals surface area (Å²) in [5, 5.41) is 2.32. The molecule has 12 heteroatoms. The van der Waals surface area contributed by atoms with E-state index >= 15 is 0 Å². The molecule has 0 aromatic heterocycles. The van der Waals surface area contributed by atoms with Crippen molar-refractivity contribution in [1.82, 2.24) is 15.1 Å². The zero-order valence-corrected chi connectivity index (χ0v) is 21.3. The Morgan fingerprint density at radius 1 is 1.00 bits per heavy atom. The Kier molecular flexibility index (Phi) is 7.19. The summed E-state index contributed by atoms with van der Waals surface area (Å²) in [7, 11) is -4.69. The van der Waals surface area contributed by atoms with Crippen molar-refractivity contribution in [2.45, 2.75) is 56.5 Å². The maximum atomic E-state index is 12.9. The lowest BCUT2D eigenvalue weighted by Crippen LogP contribution is -2.52. The molecule has 2 N–H and O–H groups in total. The summed E-state index contributed by atoms with van der Waals surface area (Å²) in [4.78, 5) is 40.5. The molecule has 202 valence electrons. The molecule has 0 radical (unpaired) electrons. The van der Waals surface area contributed by atoms with Crippen LogP contribution in [-0.4, -0.2) is 60.8 Å². The van der Waals surface area contributed by atoms with Crippen LogP contribution in [0, 0.1) is 0 Å². The maximum Gasteiger partial charge on any atom is 0.355 e. The number of carbonyl (C=O) groups is 3. The molecule has 2 aromatic rings. The first-order valence-corrected chi connectivity index (χ1v) is 14.0. The Morgan fingerprint density at radius 3 is 2.37 bits per heavy atom. The highest BCUT2D eigenvalue weighted by Crippen LogP contribution is 2.34. The number of likely N-dealkylation sites (tertiary alicyclic amines) is 1. The van der Waals surface area contributed by atoms with E-state index in [1.165, 1.54) is 12.1 Å². The van der Waals surface area contributed by atoms with Crippen molar-refractivity contribution in [3.8, 4) is 0 Å². The van der Waals surface area contributed by atoms with Crippen molar-refractivity contribution in [3.63, 3.8) is 0 Å². The average molecular weight is 547 g/mol. The Balaban J connectivity index is 1.16. The quantitative estimate of drug-likeness (QED) is 0.516. The number of rotatable bonds is 7. The third kappa shape index (κ3) is 5.41. The largest absolute Gasteiger partial charge is 0.355 e. The first-order valence-electron chi connectivity index (χ1n) is 12.5. The number of hydrogen-bond acceptors (Lipinski definition) is 6. The third-order valence-corrected chi connectivity index (χ3v) is 8.45. The molecular formula is C26H28F2N4O5S. The van der Waals surface area contributed by atoms with Gasteiger partial charge < -0.3 is 4.90 Å². The zero-order chi connectivity index (χ0) is 27.0. The van der Waals surface area contributed by atoms with Gasteiger partial charge in [-0.25, -0.2) is 8.42 Å². The first kappa shape index (κ1) is 26.2. The van der Waals surface area contributed by atoms with Crippen LogP contribution in [0.25, 0.3) is 0 Å². The summed E-state index contributed by atoms with van der Waals surface area (Å²) in [6, 6.07) is 11.7. The minimum absolute atomic E-state index is 0.0963. The molecular weight excluding hydrogens is 518 g/mol. The number of nitrogens with zero attached hydrogens (tertiary/aromatic N) is 2. The summed E-state index contributed by atoms with van der Waals surface area (Å²) >= 11 is 0. The number of hydrogen-bond donors (Lipinski definition) is 2. The summed E-state index contributed by atoms with van der Waals surface area (Å²) in [5.74, 6) is -4.05. The van der Waals surface area contributed by atoms with Crippen molar-refractivity contribution in [1.29, 1.82) is 0 Å². The molecule has 3 amide bonds. The summed E-state index contributed by atoms with van der Waals surface area (Å²) in [6.45, 7) is 2.72. The summed E-state index contributed by atoms with van der Waals surface area (Å²) < 4.78 is 49.6. The van der Waals surface area contributed by atoms with Gasteiger partial charge in [-0.15, -0.1) is 0 Å². The molecule has 0 bridgehead atoms. The lowest BCUT2D eigenvalue weighted by atomic mass is 9.87. The number of imide groups is 1. The van der Waals surface area contributed by atoms with Crippen LogP contribution in [0.3, 0.4) is 0 Å². The van der Waals surface area contributed by atoms with Gasteiger partial charge in [-0.3, -0.25) is 29.3 Å². The SMILES string of the molecule is O=C1CCC(N2Cc3cc(C4CCN(Cc5ccc(NS(=O)(=O)C(F)F)cc5)CC4)ccc3C2=O)C(=O)N1. The van der Waals surface area contributed by atoms with Crippen molar-refractivity contribution < 1.29 is 31.6 Å². The van der Waals surface area contributed by atoms with E-state index in [0.717, 1.165) is 42.6 Å². The molecule has 1 atom stereocenters. The number of piperidine rings is 2. The van der Waals surface area contributed by atoms with Gasteiger partial charge in [0.15, 0.2) is 0 Å². The van der Waals surface area contributed by atoms with Gasteiger partial charge in [0.25, 0.3) is 15.9 Å². The molecule has 38 heavy (non-hydrogen) atoms. The van der Waals surface area contributed by atoms with Gasteiger partial charge in [0, 0.05) is 30.8 Å². The fraction of sp³-hybridized carbons (Fsp3) is 0.423. The highest BCUT2D eigenvalue weighted by molar-refractivity contribution is 7.93. The minimum atomic E-state index is -4.69. The smallest absolute Gasteiger partial charge is 0.322 e. The van der Waals surface area contributed by atoms with E-state index in [1.54, 1.807) is 17.0 Å². The highest BCUT2D eigenvalue weighted by atomic mass is 32.2. The number of benzene rings is 2. The van der Waals surface area contributed by atoms with E-state index in [4.69, 9.17) is 0 Å². The van der Waals surface area contributed by atoms with Crippen LogP contribution in [0.4, 0.5) is 14.5 Å². The molecule has 0 saturated carbocycles. The van der Waals surface area contributed by atoms with Crippen molar-refractivity contribution >= 4 is 33.4 Å². The summed E-state index contributed by atoms with van der Waals surface area (Å²) in [6.07, 6.45) is 2.41. The van der Waals surface area contributed by atoms with Crippen molar-refractivity contribution in [2.75, 3.05) is 17.8 Å². The van der Waals surface area contributed by atoms with E-state index in [9.17, 15) is 31.6 Å². The molecule has 9 nitrogen and oxygen atoms in total. The molecule has 5 rings (SSSR count). The second kappa shape index (κ2) is 10.4. The third-order valence-electron chi connectivity index (χ3n) is 7.46. The monoisotopic (exact) mass is 546 g/mol. The Hall–Kier alpha value is -3.38. The van der Waals surface area contributed by atoms with Crippen LogP contribution in [0.1, 0.15) is 58.6 Å². The van der Waals surface area contributed by atoms with Crippen LogP contribution in [-0.2, 0) is 32.7 Å². The van der Waals surface area contributed by atoms with Crippen LogP contribution in [0.5, 0.6) is 0 Å². The van der Waals surface area contributed by atoms with Crippen LogP contribution in [0.15, 0.2) is 42.5 Å². The number of sulfonamides is 1. The predicted octanol–water partition coefficient (Wildman–Crippen LogP) is 2.79. The van der Waals surface area contributed by atoms with E-state index in [0.29, 0.717) is 31.0 Å². The Bertz CT molecular complexity index is 1360. The number of fused-ring (bicyclic) bond motifs is 1. The van der Waals surface area contributed by atoms with Gasteiger partial charge in [-0.05, 0) is 73.2 Å². The topological polar surface area (TPSA) is 116 Å². The number of anilines is 1. The average Bonchev–Trinajstić information content (AvgIpc) is 3.21. The molecule has 0 spiro atoms. The van der Waals surface area contributed by atoms with Crippen LogP contribution < -0.4 is 10.0 Å². The molecule has 3 aliphatic rings. The van der Waals surface area contributed by atoms with Crippen LogP contribution in [0.2, 0.25) is 0 Å². The summed E-state index contributed by atoms with van der Waals surface area (Å²) in [5.41, 5.74) is 3.72. The van der Waals surface area contributed by atoms with Crippen LogP contribution >= 0.6 is 0 Å². The van der Waals surface area contributed by atoms with E-state index in [-0.39, 0.29) is 23.9 Å². The first-order chi connectivity index (χ1) is 18.1. The fourth-order valence-corrected chi connectivity index (χ4v) is 5.97. The predicted molar refractivity (Wildman–Crippen MR) is 135 cm³/mol. The second-order valence-corrected chi connectivity index (χ2v) is 11.6. The van der Waals surface area contributed by atoms with Gasteiger partial charge in [-0.1, -0.05) is 24.3 Å². The van der Waals surface area contributed by atoms with Gasteiger partial charge in [0.05, 0.1) is 0 Å². The molecule has 1 unspecified atom stereocenters. The molecule has 2 fully saturated rings. The number of halogens is 2. The standard InChI is InChI=1S/C26H28F2N4O5S/c27-26(28)38(36,37)30-20-4-1-16(2-5-20)14-31-11-9-17(10-12-31)18-3-6-21-19(13-18)15-32(25(21)35)22-7-8-23(33)29-24(22)34/h1-6,13,17,22,26,30H,7-12,14-15H2,(H,29,33,34). The lowest BCUT2D eigenvalue weighted by Gasteiger charge is -2.32. The normalized spacial score (nSPS) is 21.1. The lowest BCUT2D eigenvalue weighted by molar-refractivity contribution is -0.136. The number of amides is 3. The zero-order valence-electron chi connectivity index (χ0n) is 20.5. The molecule has 0 aliphatic carbocycles. The van der Waals surface area contributed by atoms with E-state index in [2.05, 4.69) is 16.3 Å². The number of nitrogens with one attached hydrogen (secondary N) is 2. The molecule has 3 heterocycles. The Morgan fingerprint density at radius 2 is 1.71 bits per heavy atom. The molecule has 2 saturated heterocycles. The van der Waals surface area contributed by atoms with E-state index < -0.39 is 27.7 Å². The van der Waals surface area contributed by atoms with Crippen molar-refractivity contribution in [3.05, 3.63) is 64.7 Å². The van der Waals surface area contributed by atoms with Gasteiger partial charge in [0.2, 0.25) is 11.8 Å². The molecule has 3 aliphatic heterocycles. The fourth-order valence-electron chi connectivity index (χ4n) is 5.42. The number of alkyl halides is 2. The van der Waals surface area contributed by atoms with Gasteiger partial charge in [0.1, 0.15) is 6.04 Å². The molecule has 2 aromatic carbocycles. The highest BCUT2D eigenvalue weighted by Gasteiger charge is 2.39. The van der Waals surface area contributed by atoms with Crippen molar-refractivity contribution in [2.24, 2.45) is 0 Å². The minimum Gasteiger partial charge on any atom is -0.322 e. The van der Waals surface area contributed by atoms with Gasteiger partial charge in [-0.2, -0.15) is 8.78 Å².